The van der Waals surface area contributed by atoms with Crippen LogP contribution in [-0.4, -0.2) is 37.9 Å². The van der Waals surface area contributed by atoms with Gasteiger partial charge < -0.3 is 10.0 Å². The number of carboxylic acid groups (broad SMARTS) is 1. The van der Waals surface area contributed by atoms with E-state index < -0.39 is 12.0 Å². The molecule has 6 nitrogen and oxygen atoms in total. The second-order valence-electron chi connectivity index (χ2n) is 7.94. The highest BCUT2D eigenvalue weighted by Crippen LogP contribution is 2.41. The summed E-state index contributed by atoms with van der Waals surface area (Å²) in [7, 11) is 0. The van der Waals surface area contributed by atoms with Crippen LogP contribution in [0.4, 0.5) is 0 Å². The van der Waals surface area contributed by atoms with E-state index in [1.807, 2.05) is 38.1 Å². The third-order valence-electron chi connectivity index (χ3n) is 5.92. The van der Waals surface area contributed by atoms with Gasteiger partial charge in [-0.2, -0.15) is 0 Å². The van der Waals surface area contributed by atoms with Gasteiger partial charge in [0.05, 0.1) is 10.6 Å². The van der Waals surface area contributed by atoms with Crippen molar-refractivity contribution < 1.29 is 14.7 Å². The van der Waals surface area contributed by atoms with Gasteiger partial charge in [0.25, 0.3) is 5.91 Å². The van der Waals surface area contributed by atoms with Crippen molar-refractivity contribution in [3.8, 4) is 0 Å². The minimum atomic E-state index is -0.974. The van der Waals surface area contributed by atoms with Crippen molar-refractivity contribution in [1.82, 2.24) is 14.9 Å². The van der Waals surface area contributed by atoms with E-state index in [1.165, 1.54) is 16.2 Å². The van der Waals surface area contributed by atoms with Crippen LogP contribution < -0.4 is 0 Å². The van der Waals surface area contributed by atoms with Crippen molar-refractivity contribution in [2.45, 2.75) is 51.6 Å². The molecule has 0 saturated heterocycles. The number of thiophene rings is 1. The maximum atomic E-state index is 13.5. The molecular weight excluding hydrogens is 386 g/mol. The Balaban J connectivity index is 1.57. The summed E-state index contributed by atoms with van der Waals surface area (Å²) < 4.78 is 0. The number of carbonyl (C=O) groups excluding carboxylic acids is 1. The van der Waals surface area contributed by atoms with E-state index >= 15 is 0 Å². The summed E-state index contributed by atoms with van der Waals surface area (Å²) in [5.41, 5.74) is 3.73. The number of aromatic nitrogens is 2. The van der Waals surface area contributed by atoms with Crippen LogP contribution in [0.3, 0.4) is 0 Å². The molecule has 29 heavy (non-hydrogen) atoms. The first-order chi connectivity index (χ1) is 13.9. The molecule has 0 radical (unpaired) electrons. The molecule has 2 aliphatic rings. The number of carbonyl (C=O) groups is 2. The zero-order valence-electron chi connectivity index (χ0n) is 16.3. The van der Waals surface area contributed by atoms with Gasteiger partial charge in [0.1, 0.15) is 16.7 Å². The third kappa shape index (κ3) is 3.00. The molecule has 148 valence electrons. The molecule has 7 heteroatoms. The molecule has 1 N–H and O–H groups in total. The number of hydrogen-bond acceptors (Lipinski definition) is 5. The summed E-state index contributed by atoms with van der Waals surface area (Å²) in [6.45, 7) is 4.17. The Bertz CT molecular complexity index is 1170. The number of aryl methyl sites for hydroxylation is 2. The standard InChI is InChI=1S/C22H21N3O3S/c1-11-17-12(2)23-19(13-7-8-13)24-20(17)29-18(11)21(26)25-10-15-6-4-3-5-14(15)9-16(25)22(27)28/h3-6,13,16H,7-10H2,1-2H3,(H,27,28)/t16-/m1/s1. The molecule has 3 heterocycles. The molecule has 2 aromatic heterocycles. The Morgan fingerprint density at radius 3 is 2.55 bits per heavy atom. The van der Waals surface area contributed by atoms with Gasteiger partial charge in [0.15, 0.2) is 0 Å². The topological polar surface area (TPSA) is 83.4 Å². The second-order valence-corrected chi connectivity index (χ2v) is 8.94. The Morgan fingerprint density at radius 1 is 1.14 bits per heavy atom. The van der Waals surface area contributed by atoms with Crippen molar-refractivity contribution in [3.63, 3.8) is 0 Å². The second kappa shape index (κ2) is 6.62. The Hall–Kier alpha value is -2.80. The van der Waals surface area contributed by atoms with Gasteiger partial charge in [-0.3, -0.25) is 4.79 Å². The zero-order valence-corrected chi connectivity index (χ0v) is 17.1. The van der Waals surface area contributed by atoms with Crippen molar-refractivity contribution in [1.29, 1.82) is 0 Å². The lowest BCUT2D eigenvalue weighted by Crippen LogP contribution is -2.48. The molecule has 3 aromatic rings. The monoisotopic (exact) mass is 407 g/mol. The highest BCUT2D eigenvalue weighted by molar-refractivity contribution is 7.20. The van der Waals surface area contributed by atoms with E-state index in [0.29, 0.717) is 23.8 Å². The van der Waals surface area contributed by atoms with Crippen LogP contribution in [0.15, 0.2) is 24.3 Å². The molecule has 1 fully saturated rings. The van der Waals surface area contributed by atoms with Crippen LogP contribution in [-0.2, 0) is 17.8 Å². The summed E-state index contributed by atoms with van der Waals surface area (Å²) >= 11 is 1.36. The lowest BCUT2D eigenvalue weighted by Gasteiger charge is -2.34. The fraction of sp³-hybridized carbons (Fsp3) is 0.364. The molecule has 1 amide bonds. The number of carboxylic acids is 1. The van der Waals surface area contributed by atoms with Crippen molar-refractivity contribution in [3.05, 3.63) is 57.4 Å². The molecule has 1 saturated carbocycles. The van der Waals surface area contributed by atoms with Gasteiger partial charge in [0.2, 0.25) is 0 Å². The summed E-state index contributed by atoms with van der Waals surface area (Å²) in [6, 6.07) is 6.87. The van der Waals surface area contributed by atoms with E-state index in [4.69, 9.17) is 4.98 Å². The molecule has 0 spiro atoms. The Kier molecular flexibility index (Phi) is 4.17. The lowest BCUT2D eigenvalue weighted by molar-refractivity contribution is -0.142. The SMILES string of the molecule is Cc1nc(C2CC2)nc2sc(C(=O)N3Cc4ccccc4C[C@@H]3C(=O)O)c(C)c12. The molecular formula is C22H21N3O3S. The average Bonchev–Trinajstić information content (AvgIpc) is 3.50. The van der Waals surface area contributed by atoms with Crippen molar-refractivity contribution in [2.24, 2.45) is 0 Å². The van der Waals surface area contributed by atoms with E-state index in [0.717, 1.165) is 51.3 Å². The van der Waals surface area contributed by atoms with E-state index in [2.05, 4.69) is 4.98 Å². The van der Waals surface area contributed by atoms with Crippen LogP contribution in [0.25, 0.3) is 10.2 Å². The van der Waals surface area contributed by atoms with E-state index in [9.17, 15) is 14.7 Å². The molecule has 5 rings (SSSR count). The number of benzene rings is 1. The Labute approximate surface area is 172 Å². The molecule has 0 bridgehead atoms. The number of nitrogens with zero attached hydrogens (tertiary/aromatic N) is 3. The quantitative estimate of drug-likeness (QED) is 0.713. The van der Waals surface area contributed by atoms with Crippen LogP contribution in [0.2, 0.25) is 0 Å². The van der Waals surface area contributed by atoms with Gasteiger partial charge in [-0.15, -0.1) is 11.3 Å². The van der Waals surface area contributed by atoms with Gasteiger partial charge in [-0.1, -0.05) is 24.3 Å². The summed E-state index contributed by atoms with van der Waals surface area (Å²) in [5.74, 6) is 0.0959. The van der Waals surface area contributed by atoms with Crippen LogP contribution >= 0.6 is 11.3 Å². The van der Waals surface area contributed by atoms with Crippen molar-refractivity contribution >= 4 is 33.4 Å². The largest absolute Gasteiger partial charge is 0.480 e. The van der Waals surface area contributed by atoms with E-state index in [-0.39, 0.29) is 5.91 Å². The summed E-state index contributed by atoms with van der Waals surface area (Å²) in [5, 5.41) is 10.7. The van der Waals surface area contributed by atoms with Gasteiger partial charge in [0, 0.05) is 24.3 Å². The predicted molar refractivity (Wildman–Crippen MR) is 110 cm³/mol. The van der Waals surface area contributed by atoms with Crippen LogP contribution in [0.5, 0.6) is 0 Å². The number of rotatable bonds is 3. The predicted octanol–water partition coefficient (Wildman–Crippen LogP) is 3.84. The molecule has 0 unspecified atom stereocenters. The highest BCUT2D eigenvalue weighted by atomic mass is 32.1. The molecule has 1 atom stereocenters. The van der Waals surface area contributed by atoms with Gasteiger partial charge in [-0.05, 0) is 43.4 Å². The molecule has 1 aliphatic carbocycles. The first-order valence-electron chi connectivity index (χ1n) is 9.82. The molecule has 1 aromatic carbocycles. The van der Waals surface area contributed by atoms with Crippen molar-refractivity contribution in [2.75, 3.05) is 0 Å². The summed E-state index contributed by atoms with van der Waals surface area (Å²) in [6.07, 6.45) is 2.56. The maximum absolute atomic E-state index is 13.5. The zero-order chi connectivity index (χ0) is 20.3. The van der Waals surface area contributed by atoms with Crippen LogP contribution in [0, 0.1) is 13.8 Å². The fourth-order valence-electron chi connectivity index (χ4n) is 4.18. The molecule has 1 aliphatic heterocycles. The average molecular weight is 407 g/mol. The number of fused-ring (bicyclic) bond motifs is 2. The maximum Gasteiger partial charge on any atom is 0.326 e. The van der Waals surface area contributed by atoms with Gasteiger partial charge >= 0.3 is 5.97 Å². The first kappa shape index (κ1) is 18.2. The highest BCUT2D eigenvalue weighted by Gasteiger charge is 2.36. The summed E-state index contributed by atoms with van der Waals surface area (Å²) in [4.78, 5) is 37.7. The van der Waals surface area contributed by atoms with E-state index in [1.54, 1.807) is 0 Å². The minimum Gasteiger partial charge on any atom is -0.480 e. The number of aliphatic carboxylic acids is 1. The smallest absolute Gasteiger partial charge is 0.326 e. The number of hydrogen-bond donors (Lipinski definition) is 1. The lowest BCUT2D eigenvalue weighted by atomic mass is 9.93. The fourth-order valence-corrected chi connectivity index (χ4v) is 5.37. The number of amides is 1. The van der Waals surface area contributed by atoms with Gasteiger partial charge in [-0.25, -0.2) is 14.8 Å². The normalized spacial score (nSPS) is 18.7. The third-order valence-corrected chi connectivity index (χ3v) is 7.09. The van der Waals surface area contributed by atoms with Crippen LogP contribution in [0.1, 0.15) is 56.6 Å². The Morgan fingerprint density at radius 2 is 1.86 bits per heavy atom. The minimum absolute atomic E-state index is 0.236. The first-order valence-corrected chi connectivity index (χ1v) is 10.6.